The van der Waals surface area contributed by atoms with Gasteiger partial charge in [-0.25, -0.2) is 9.97 Å². The topological polar surface area (TPSA) is 35.1 Å². The molecule has 4 heteroatoms. The first-order chi connectivity index (χ1) is 24.8. The maximum absolute atomic E-state index is 5.35. The largest absolute Gasteiger partial charge is 0.308 e. The van der Waals surface area contributed by atoms with Gasteiger partial charge in [0.15, 0.2) is 0 Å². The Morgan fingerprint density at radius 2 is 1.04 bits per heavy atom. The van der Waals surface area contributed by atoms with Crippen molar-refractivity contribution >= 4 is 81.7 Å². The number of para-hydroxylation sites is 4. The summed E-state index contributed by atoms with van der Waals surface area (Å²) in [4.78, 5) is 10.6. The van der Waals surface area contributed by atoms with E-state index in [1.54, 1.807) is 0 Å². The molecule has 12 rings (SSSR count). The third kappa shape index (κ3) is 3.25. The van der Waals surface area contributed by atoms with Crippen LogP contribution in [0.3, 0.4) is 0 Å². The van der Waals surface area contributed by atoms with Crippen molar-refractivity contribution in [2.24, 2.45) is 0 Å². The maximum atomic E-state index is 5.35. The number of fused-ring (bicyclic) bond motifs is 5. The fourth-order valence-corrected chi connectivity index (χ4v) is 8.76. The van der Waals surface area contributed by atoms with E-state index < -0.39 is 0 Å². The van der Waals surface area contributed by atoms with Gasteiger partial charge in [0, 0.05) is 43.4 Å². The summed E-state index contributed by atoms with van der Waals surface area (Å²) in [5, 5.41) is 10.2. The molecule has 0 N–H and O–H groups in total. The van der Waals surface area contributed by atoms with Crippen LogP contribution >= 0.6 is 0 Å². The van der Waals surface area contributed by atoms with Crippen molar-refractivity contribution in [3.8, 4) is 28.2 Å². The van der Waals surface area contributed by atoms with Crippen LogP contribution in [-0.2, 0) is 0 Å². The van der Waals surface area contributed by atoms with Gasteiger partial charge in [0.05, 0.1) is 55.7 Å². The van der Waals surface area contributed by atoms with Gasteiger partial charge in [0.2, 0.25) is 0 Å². The Morgan fingerprint density at radius 3 is 1.92 bits per heavy atom. The monoisotopic (exact) mass is 634 g/mol. The predicted octanol–water partition coefficient (Wildman–Crippen LogP) is 11.8. The fraction of sp³-hybridized carbons (Fsp3) is 0. The predicted molar refractivity (Wildman–Crippen MR) is 208 cm³/mol. The maximum Gasteiger partial charge on any atom is 0.0994 e. The summed E-state index contributed by atoms with van der Waals surface area (Å²) in [6, 6.07) is 56.7. The zero-order valence-corrected chi connectivity index (χ0v) is 26.8. The molecule has 4 aromatic heterocycles. The van der Waals surface area contributed by atoms with Gasteiger partial charge in [0.25, 0.3) is 0 Å². The third-order valence-corrected chi connectivity index (χ3v) is 10.8. The molecular formula is C46H26N4. The summed E-state index contributed by atoms with van der Waals surface area (Å²) in [7, 11) is 0. The van der Waals surface area contributed by atoms with Crippen LogP contribution in [0, 0.1) is 0 Å². The molecule has 50 heavy (non-hydrogen) atoms. The first kappa shape index (κ1) is 26.2. The van der Waals surface area contributed by atoms with Crippen molar-refractivity contribution in [2.75, 3.05) is 0 Å². The van der Waals surface area contributed by atoms with Gasteiger partial charge in [-0.1, -0.05) is 115 Å². The summed E-state index contributed by atoms with van der Waals surface area (Å²) in [6.45, 7) is 0. The van der Waals surface area contributed by atoms with Gasteiger partial charge in [-0.15, -0.1) is 0 Å². The van der Waals surface area contributed by atoms with Crippen molar-refractivity contribution in [2.45, 2.75) is 0 Å². The standard InChI is InChI=1S/C46H26N4/c1-2-11-29(12-3-1)44-45(48-34-17-7-6-16-33(34)47-44)32-15-5-9-19-36(32)49-38-25-23-28-22-21-27-13-10-20-37-40(27)41(28)42(38)43-39(49)26-24-31-30-14-4-8-18-35(30)50(37)46(31)43/h1-26H. The minimum Gasteiger partial charge on any atom is -0.308 e. The molecule has 0 spiro atoms. The molecule has 0 fully saturated rings. The van der Waals surface area contributed by atoms with Gasteiger partial charge in [0.1, 0.15) is 0 Å². The van der Waals surface area contributed by atoms with Crippen LogP contribution < -0.4 is 0 Å². The normalized spacial score (nSPS) is 12.4. The molecule has 4 heterocycles. The van der Waals surface area contributed by atoms with Crippen molar-refractivity contribution < 1.29 is 0 Å². The zero-order valence-electron chi connectivity index (χ0n) is 26.8. The van der Waals surface area contributed by atoms with E-state index in [2.05, 4.69) is 142 Å². The second kappa shape index (κ2) is 9.43. The fourth-order valence-electron chi connectivity index (χ4n) is 8.76. The van der Waals surface area contributed by atoms with E-state index in [9.17, 15) is 0 Å². The van der Waals surface area contributed by atoms with E-state index in [4.69, 9.17) is 9.97 Å². The third-order valence-electron chi connectivity index (χ3n) is 10.8. The lowest BCUT2D eigenvalue weighted by Gasteiger charge is -2.17. The number of nitrogens with zero attached hydrogens (tertiary/aromatic N) is 4. The van der Waals surface area contributed by atoms with Crippen molar-refractivity contribution in [3.63, 3.8) is 0 Å². The van der Waals surface area contributed by atoms with Crippen LogP contribution in [0.4, 0.5) is 0 Å². The quantitative estimate of drug-likeness (QED) is 0.181. The van der Waals surface area contributed by atoms with Crippen LogP contribution in [0.1, 0.15) is 0 Å². The van der Waals surface area contributed by atoms with Crippen LogP contribution in [0.5, 0.6) is 0 Å². The molecule has 0 atom stereocenters. The Balaban J connectivity index is 1.30. The average Bonchev–Trinajstić information content (AvgIpc) is 3.65. The molecule has 8 aromatic carbocycles. The van der Waals surface area contributed by atoms with Crippen LogP contribution in [0.15, 0.2) is 158 Å². The number of hydrogen-bond acceptors (Lipinski definition) is 2. The van der Waals surface area contributed by atoms with Gasteiger partial charge in [-0.3, -0.25) is 0 Å². The zero-order chi connectivity index (χ0) is 32.5. The Hall–Kier alpha value is -6.78. The molecule has 0 saturated heterocycles. The van der Waals surface area contributed by atoms with Crippen LogP contribution in [-0.4, -0.2) is 18.9 Å². The minimum atomic E-state index is 0.872. The number of rotatable bonds is 3. The molecule has 230 valence electrons. The van der Waals surface area contributed by atoms with Crippen LogP contribution in [0.25, 0.3) is 110 Å². The highest BCUT2D eigenvalue weighted by molar-refractivity contribution is 6.37. The van der Waals surface area contributed by atoms with Gasteiger partial charge in [-0.2, -0.15) is 0 Å². The van der Waals surface area contributed by atoms with Crippen molar-refractivity contribution in [3.05, 3.63) is 158 Å². The Morgan fingerprint density at radius 1 is 0.380 bits per heavy atom. The summed E-state index contributed by atoms with van der Waals surface area (Å²) in [6.07, 6.45) is 0. The summed E-state index contributed by atoms with van der Waals surface area (Å²) in [5.41, 5.74) is 12.8. The second-order valence-electron chi connectivity index (χ2n) is 13.3. The van der Waals surface area contributed by atoms with E-state index in [0.717, 1.165) is 39.2 Å². The van der Waals surface area contributed by atoms with E-state index in [0.29, 0.717) is 0 Å². The average molecular weight is 635 g/mol. The highest BCUT2D eigenvalue weighted by Crippen LogP contribution is 2.48. The molecule has 4 nitrogen and oxygen atoms in total. The molecule has 0 bridgehead atoms. The summed E-state index contributed by atoms with van der Waals surface area (Å²) >= 11 is 0. The lowest BCUT2D eigenvalue weighted by atomic mass is 9.97. The molecule has 0 aliphatic heterocycles. The molecule has 0 radical (unpaired) electrons. The van der Waals surface area contributed by atoms with E-state index in [-0.39, 0.29) is 0 Å². The Kier molecular flexibility index (Phi) is 4.94. The molecule has 0 saturated carbocycles. The molecule has 0 amide bonds. The van der Waals surface area contributed by atoms with Gasteiger partial charge >= 0.3 is 0 Å². The molecule has 12 aromatic rings. The number of aromatic nitrogens is 4. The van der Waals surface area contributed by atoms with Gasteiger partial charge < -0.3 is 8.97 Å². The SMILES string of the molecule is c1ccc(-c2nc3ccccc3nc2-c2ccccc2-n2c3ccc4ccc5cccc6c5c4c3c3c2ccc2c4ccccc4n6c23)cc1. The van der Waals surface area contributed by atoms with Crippen molar-refractivity contribution in [1.29, 1.82) is 0 Å². The molecule has 0 aliphatic carbocycles. The van der Waals surface area contributed by atoms with E-state index >= 15 is 0 Å². The molecular weight excluding hydrogens is 609 g/mol. The van der Waals surface area contributed by atoms with Crippen molar-refractivity contribution in [1.82, 2.24) is 18.9 Å². The highest BCUT2D eigenvalue weighted by Gasteiger charge is 2.26. The lowest BCUT2D eigenvalue weighted by Crippen LogP contribution is -2.01. The van der Waals surface area contributed by atoms with Gasteiger partial charge in [-0.05, 0) is 53.2 Å². The smallest absolute Gasteiger partial charge is 0.0994 e. The molecule has 0 unspecified atom stereocenters. The highest BCUT2D eigenvalue weighted by atomic mass is 15.0. The second-order valence-corrected chi connectivity index (χ2v) is 13.3. The Bertz CT molecular complexity index is 3310. The summed E-state index contributed by atoms with van der Waals surface area (Å²) < 4.78 is 4.99. The number of benzene rings is 8. The summed E-state index contributed by atoms with van der Waals surface area (Å²) in [5.74, 6) is 0. The van der Waals surface area contributed by atoms with Crippen LogP contribution in [0.2, 0.25) is 0 Å². The Labute approximate surface area is 285 Å². The minimum absolute atomic E-state index is 0.872. The first-order valence-electron chi connectivity index (χ1n) is 17.1. The molecule has 0 aliphatic rings. The van der Waals surface area contributed by atoms with E-state index in [1.807, 2.05) is 24.3 Å². The number of hydrogen-bond donors (Lipinski definition) is 0. The first-order valence-corrected chi connectivity index (χ1v) is 17.1. The lowest BCUT2D eigenvalue weighted by molar-refractivity contribution is 1.17. The van der Waals surface area contributed by atoms with E-state index in [1.165, 1.54) is 70.7 Å².